The third-order valence-corrected chi connectivity index (χ3v) is 3.51. The van der Waals surface area contributed by atoms with E-state index in [4.69, 9.17) is 11.6 Å². The lowest BCUT2D eigenvalue weighted by Crippen LogP contribution is -2.38. The number of halogens is 3. The Hall–Kier alpha value is -0.670. The minimum atomic E-state index is -2.80. The Morgan fingerprint density at radius 1 is 1.24 bits per heavy atom. The van der Waals surface area contributed by atoms with Crippen LogP contribution in [0.2, 0.25) is 0 Å². The molecule has 0 aromatic heterocycles. The predicted octanol–water partition coefficient (Wildman–Crippen LogP) is 3.39. The first-order valence-corrected chi connectivity index (χ1v) is 6.30. The molecule has 0 aliphatic heterocycles. The quantitative estimate of drug-likeness (QED) is 0.800. The molecule has 0 heterocycles. The molecule has 1 aromatic rings. The maximum absolute atomic E-state index is 13.7. The van der Waals surface area contributed by atoms with Crippen LogP contribution in [0, 0.1) is 5.92 Å². The SMILES string of the molecule is FC(F)(CNCC1CC(Cl)C1)c1ccccc1. The highest BCUT2D eigenvalue weighted by Gasteiger charge is 2.32. The second-order valence-corrected chi connectivity index (χ2v) is 5.25. The highest BCUT2D eigenvalue weighted by molar-refractivity contribution is 6.21. The number of alkyl halides is 3. The summed E-state index contributed by atoms with van der Waals surface area (Å²) in [5, 5.41) is 3.08. The lowest BCUT2D eigenvalue weighted by atomic mass is 9.85. The zero-order chi connectivity index (χ0) is 12.3. The van der Waals surface area contributed by atoms with Gasteiger partial charge in [0.05, 0.1) is 6.54 Å². The van der Waals surface area contributed by atoms with Crippen molar-refractivity contribution in [3.63, 3.8) is 0 Å². The molecule has 1 nitrogen and oxygen atoms in total. The van der Waals surface area contributed by atoms with Gasteiger partial charge < -0.3 is 5.32 Å². The van der Waals surface area contributed by atoms with Crippen molar-refractivity contribution >= 4 is 11.6 Å². The fourth-order valence-electron chi connectivity index (χ4n) is 2.04. The van der Waals surface area contributed by atoms with Crippen LogP contribution >= 0.6 is 11.6 Å². The van der Waals surface area contributed by atoms with Gasteiger partial charge in [0.15, 0.2) is 0 Å². The van der Waals surface area contributed by atoms with Crippen LogP contribution in [0.25, 0.3) is 0 Å². The third kappa shape index (κ3) is 3.39. The molecule has 0 radical (unpaired) electrons. The van der Waals surface area contributed by atoms with E-state index in [1.165, 1.54) is 12.1 Å². The van der Waals surface area contributed by atoms with Crippen LogP contribution < -0.4 is 5.32 Å². The fraction of sp³-hybridized carbons (Fsp3) is 0.538. The lowest BCUT2D eigenvalue weighted by Gasteiger charge is -2.31. The summed E-state index contributed by atoms with van der Waals surface area (Å²) in [6, 6.07) is 7.92. The number of hydrogen-bond donors (Lipinski definition) is 1. The van der Waals surface area contributed by atoms with E-state index in [-0.39, 0.29) is 17.5 Å². The summed E-state index contributed by atoms with van der Waals surface area (Å²) in [6.07, 6.45) is 1.87. The number of nitrogens with one attached hydrogen (secondary N) is 1. The predicted molar refractivity (Wildman–Crippen MR) is 65.6 cm³/mol. The molecular formula is C13H16ClF2N. The van der Waals surface area contributed by atoms with Gasteiger partial charge in [0.2, 0.25) is 0 Å². The van der Waals surface area contributed by atoms with E-state index in [1.807, 2.05) is 0 Å². The molecular weight excluding hydrogens is 244 g/mol. The molecule has 1 aromatic carbocycles. The average molecular weight is 260 g/mol. The Kier molecular flexibility index (Phi) is 4.00. The lowest BCUT2D eigenvalue weighted by molar-refractivity contribution is -0.00450. The van der Waals surface area contributed by atoms with E-state index >= 15 is 0 Å². The summed E-state index contributed by atoms with van der Waals surface area (Å²) < 4.78 is 27.4. The molecule has 0 amide bonds. The second kappa shape index (κ2) is 5.32. The van der Waals surface area contributed by atoms with Crippen molar-refractivity contribution in [3.8, 4) is 0 Å². The van der Waals surface area contributed by atoms with Crippen molar-refractivity contribution in [2.45, 2.75) is 24.1 Å². The van der Waals surface area contributed by atoms with Crippen LogP contribution in [-0.2, 0) is 5.92 Å². The molecule has 0 atom stereocenters. The van der Waals surface area contributed by atoms with E-state index in [0.717, 1.165) is 12.8 Å². The van der Waals surface area contributed by atoms with E-state index in [0.29, 0.717) is 12.5 Å². The maximum atomic E-state index is 13.7. The Morgan fingerprint density at radius 3 is 2.47 bits per heavy atom. The molecule has 1 fully saturated rings. The summed E-state index contributed by atoms with van der Waals surface area (Å²) in [4.78, 5) is 0. The fourth-order valence-corrected chi connectivity index (χ4v) is 2.54. The molecule has 0 saturated heterocycles. The molecule has 1 aliphatic rings. The van der Waals surface area contributed by atoms with Gasteiger partial charge in [-0.05, 0) is 25.3 Å². The minimum Gasteiger partial charge on any atom is -0.311 e. The average Bonchev–Trinajstić information content (AvgIpc) is 2.28. The largest absolute Gasteiger partial charge is 0.311 e. The van der Waals surface area contributed by atoms with Gasteiger partial charge in [-0.1, -0.05) is 30.3 Å². The van der Waals surface area contributed by atoms with Gasteiger partial charge in [-0.2, -0.15) is 8.78 Å². The highest BCUT2D eigenvalue weighted by Crippen LogP contribution is 2.32. The van der Waals surface area contributed by atoms with Crippen LogP contribution in [0.1, 0.15) is 18.4 Å². The van der Waals surface area contributed by atoms with Crippen molar-refractivity contribution in [3.05, 3.63) is 35.9 Å². The summed E-state index contributed by atoms with van der Waals surface area (Å²) >= 11 is 5.83. The number of benzene rings is 1. The van der Waals surface area contributed by atoms with Crippen molar-refractivity contribution in [2.75, 3.05) is 13.1 Å². The van der Waals surface area contributed by atoms with E-state index in [1.54, 1.807) is 18.2 Å². The normalized spacial score (nSPS) is 24.4. The zero-order valence-corrected chi connectivity index (χ0v) is 10.3. The van der Waals surface area contributed by atoms with E-state index in [9.17, 15) is 8.78 Å². The van der Waals surface area contributed by atoms with Gasteiger partial charge in [-0.3, -0.25) is 0 Å². The molecule has 1 aliphatic carbocycles. The smallest absolute Gasteiger partial charge is 0.285 e. The minimum absolute atomic E-state index is 0.0660. The second-order valence-electron chi connectivity index (χ2n) is 4.64. The molecule has 0 bridgehead atoms. The van der Waals surface area contributed by atoms with Gasteiger partial charge in [0.25, 0.3) is 5.92 Å². The Bertz CT molecular complexity index is 350. The van der Waals surface area contributed by atoms with Crippen LogP contribution in [0.5, 0.6) is 0 Å². The standard InChI is InChI=1S/C13H16ClF2N/c14-12-6-10(7-12)8-17-9-13(15,16)11-4-2-1-3-5-11/h1-5,10,12,17H,6-9H2. The van der Waals surface area contributed by atoms with Crippen LogP contribution in [0.3, 0.4) is 0 Å². The number of rotatable bonds is 5. The van der Waals surface area contributed by atoms with Gasteiger partial charge in [-0.25, -0.2) is 0 Å². The first-order chi connectivity index (χ1) is 8.08. The van der Waals surface area contributed by atoms with E-state index in [2.05, 4.69) is 5.32 Å². The third-order valence-electron chi connectivity index (χ3n) is 3.15. The molecule has 0 spiro atoms. The van der Waals surface area contributed by atoms with Gasteiger partial charge >= 0.3 is 0 Å². The molecule has 1 saturated carbocycles. The van der Waals surface area contributed by atoms with Crippen LogP contribution in [0.15, 0.2) is 30.3 Å². The molecule has 17 heavy (non-hydrogen) atoms. The molecule has 2 rings (SSSR count). The zero-order valence-electron chi connectivity index (χ0n) is 9.50. The van der Waals surface area contributed by atoms with Crippen molar-refractivity contribution in [2.24, 2.45) is 5.92 Å². The van der Waals surface area contributed by atoms with Crippen molar-refractivity contribution in [1.82, 2.24) is 5.32 Å². The first-order valence-electron chi connectivity index (χ1n) is 5.86. The van der Waals surface area contributed by atoms with Crippen LogP contribution in [-0.4, -0.2) is 18.5 Å². The van der Waals surface area contributed by atoms with Crippen LogP contribution in [0.4, 0.5) is 8.78 Å². The highest BCUT2D eigenvalue weighted by atomic mass is 35.5. The summed E-state index contributed by atoms with van der Waals surface area (Å²) in [7, 11) is 0. The van der Waals surface area contributed by atoms with Gasteiger partial charge in [0.1, 0.15) is 0 Å². The summed E-state index contributed by atoms with van der Waals surface area (Å²) in [5.41, 5.74) is 0.0660. The Labute approximate surface area is 105 Å². The monoisotopic (exact) mass is 259 g/mol. The summed E-state index contributed by atoms with van der Waals surface area (Å²) in [5.74, 6) is -2.34. The number of hydrogen-bond acceptors (Lipinski definition) is 1. The Balaban J connectivity index is 1.77. The summed E-state index contributed by atoms with van der Waals surface area (Å²) in [6.45, 7) is 0.326. The van der Waals surface area contributed by atoms with Crippen molar-refractivity contribution in [1.29, 1.82) is 0 Å². The first kappa shape index (κ1) is 12.8. The Morgan fingerprint density at radius 2 is 1.88 bits per heavy atom. The van der Waals surface area contributed by atoms with Gasteiger partial charge in [0, 0.05) is 10.9 Å². The molecule has 0 unspecified atom stereocenters. The van der Waals surface area contributed by atoms with Crippen molar-refractivity contribution < 1.29 is 8.78 Å². The molecule has 94 valence electrons. The topological polar surface area (TPSA) is 12.0 Å². The molecule has 1 N–H and O–H groups in total. The van der Waals surface area contributed by atoms with Gasteiger partial charge in [-0.15, -0.1) is 11.6 Å². The van der Waals surface area contributed by atoms with E-state index < -0.39 is 5.92 Å². The maximum Gasteiger partial charge on any atom is 0.285 e. The molecule has 4 heteroatoms.